The van der Waals surface area contributed by atoms with Gasteiger partial charge in [0.1, 0.15) is 11.5 Å². The predicted molar refractivity (Wildman–Crippen MR) is 120 cm³/mol. The van der Waals surface area contributed by atoms with Crippen molar-refractivity contribution in [1.82, 2.24) is 15.0 Å². The third kappa shape index (κ3) is 4.15. The Bertz CT molecular complexity index is 1230. The molecule has 1 aliphatic rings. The largest absolute Gasteiger partial charge is 0.507 e. The Balaban J connectivity index is 1.85. The lowest BCUT2D eigenvalue weighted by Gasteiger charge is -2.14. The second-order valence-electron chi connectivity index (χ2n) is 7.11. The van der Waals surface area contributed by atoms with Crippen molar-refractivity contribution in [3.8, 4) is 34.3 Å². The highest BCUT2D eigenvalue weighted by Crippen LogP contribution is 2.33. The molecule has 3 N–H and O–H groups in total. The maximum Gasteiger partial charge on any atom is 0.337 e. The van der Waals surface area contributed by atoms with Crippen LogP contribution in [0.1, 0.15) is 29.0 Å². The second kappa shape index (κ2) is 8.89. The number of carbonyl (C=O) groups excluding carboxylic acids is 1. The molecule has 162 valence electrons. The van der Waals surface area contributed by atoms with E-state index in [-0.39, 0.29) is 5.75 Å². The van der Waals surface area contributed by atoms with Gasteiger partial charge in [-0.3, -0.25) is 0 Å². The number of nitrogens with two attached hydrogens (primary N) is 1. The fourth-order valence-corrected chi connectivity index (χ4v) is 3.36. The number of hydrogen-bond donors (Lipinski definition) is 2. The van der Waals surface area contributed by atoms with Crippen LogP contribution in [0.2, 0.25) is 0 Å². The lowest BCUT2D eigenvalue weighted by molar-refractivity contribution is 0.0600. The summed E-state index contributed by atoms with van der Waals surface area (Å²) in [5, 5.41) is 10.5. The molecular weight excluding hydrogens is 408 g/mol. The molecule has 3 aromatic rings. The zero-order chi connectivity index (χ0) is 22.7. The second-order valence-corrected chi connectivity index (χ2v) is 7.11. The first-order valence-electron chi connectivity index (χ1n) is 9.99. The molecule has 2 aromatic carbocycles. The Labute approximate surface area is 185 Å². The number of aromatic hydroxyl groups is 1. The fourth-order valence-electron chi connectivity index (χ4n) is 3.36. The van der Waals surface area contributed by atoms with Gasteiger partial charge < -0.3 is 20.3 Å². The highest BCUT2D eigenvalue weighted by molar-refractivity contribution is 5.89. The molecular formula is C24H22N4O4. The van der Waals surface area contributed by atoms with E-state index in [1.165, 1.54) is 20.3 Å². The maximum absolute atomic E-state index is 11.8. The molecule has 32 heavy (non-hydrogen) atoms. The Morgan fingerprint density at radius 3 is 2.28 bits per heavy atom. The van der Waals surface area contributed by atoms with E-state index in [9.17, 15) is 9.90 Å². The van der Waals surface area contributed by atoms with Crippen LogP contribution in [0.25, 0.3) is 28.3 Å². The summed E-state index contributed by atoms with van der Waals surface area (Å²) >= 11 is 0. The molecule has 8 heteroatoms. The SMILES string of the molecule is COC(=O)c1ccc(-c2nc(C3=CCCC=C3N)nc(-c3ccc(OC)cc3O)n2)cc1. The number of phenols is 1. The molecule has 0 aliphatic heterocycles. The summed E-state index contributed by atoms with van der Waals surface area (Å²) in [4.78, 5) is 25.6. The molecule has 0 bridgehead atoms. The van der Waals surface area contributed by atoms with E-state index in [0.29, 0.717) is 45.6 Å². The summed E-state index contributed by atoms with van der Waals surface area (Å²) in [6.07, 6.45) is 5.61. The van der Waals surface area contributed by atoms with Gasteiger partial charge in [0.05, 0.1) is 25.3 Å². The van der Waals surface area contributed by atoms with E-state index in [4.69, 9.17) is 15.2 Å². The smallest absolute Gasteiger partial charge is 0.337 e. The normalized spacial score (nSPS) is 13.2. The zero-order valence-corrected chi connectivity index (χ0v) is 17.7. The van der Waals surface area contributed by atoms with Gasteiger partial charge in [-0.05, 0) is 37.1 Å². The van der Waals surface area contributed by atoms with Gasteiger partial charge in [-0.15, -0.1) is 0 Å². The molecule has 0 unspecified atom stereocenters. The number of methoxy groups -OCH3 is 2. The molecule has 1 aliphatic carbocycles. The Hall–Kier alpha value is -4.20. The van der Waals surface area contributed by atoms with Gasteiger partial charge in [0.2, 0.25) is 0 Å². The number of allylic oxidation sites excluding steroid dienone is 3. The molecule has 0 saturated heterocycles. The molecule has 1 aromatic heterocycles. The number of esters is 1. The van der Waals surface area contributed by atoms with Crippen LogP contribution < -0.4 is 10.5 Å². The number of aromatic nitrogens is 3. The first kappa shape index (κ1) is 21.0. The van der Waals surface area contributed by atoms with Gasteiger partial charge in [-0.1, -0.05) is 24.3 Å². The van der Waals surface area contributed by atoms with E-state index in [1.54, 1.807) is 36.4 Å². The minimum Gasteiger partial charge on any atom is -0.507 e. The van der Waals surface area contributed by atoms with Gasteiger partial charge in [0, 0.05) is 22.9 Å². The van der Waals surface area contributed by atoms with Gasteiger partial charge >= 0.3 is 5.97 Å². The number of hydrogen-bond acceptors (Lipinski definition) is 8. The summed E-state index contributed by atoms with van der Waals surface area (Å²) in [7, 11) is 2.86. The lowest BCUT2D eigenvalue weighted by Crippen LogP contribution is -2.09. The molecule has 1 heterocycles. The number of nitrogens with zero attached hydrogens (tertiary/aromatic N) is 3. The van der Waals surface area contributed by atoms with Crippen molar-refractivity contribution in [2.75, 3.05) is 14.2 Å². The molecule has 0 radical (unpaired) electrons. The van der Waals surface area contributed by atoms with Crippen LogP contribution in [0.15, 0.2) is 60.3 Å². The first-order chi connectivity index (χ1) is 15.5. The van der Waals surface area contributed by atoms with Crippen LogP contribution >= 0.6 is 0 Å². The quantitative estimate of drug-likeness (QED) is 0.588. The summed E-state index contributed by atoms with van der Waals surface area (Å²) in [6.45, 7) is 0. The van der Waals surface area contributed by atoms with E-state index < -0.39 is 5.97 Å². The van der Waals surface area contributed by atoms with Crippen molar-refractivity contribution in [1.29, 1.82) is 0 Å². The molecule has 0 fully saturated rings. The first-order valence-corrected chi connectivity index (χ1v) is 9.99. The molecule has 0 saturated carbocycles. The zero-order valence-electron chi connectivity index (χ0n) is 17.7. The monoisotopic (exact) mass is 430 g/mol. The van der Waals surface area contributed by atoms with Gasteiger partial charge in [0.25, 0.3) is 0 Å². The van der Waals surface area contributed by atoms with Crippen LogP contribution in [0.5, 0.6) is 11.5 Å². The average Bonchev–Trinajstić information content (AvgIpc) is 2.83. The van der Waals surface area contributed by atoms with Gasteiger partial charge in [-0.25, -0.2) is 19.7 Å². The number of rotatable bonds is 5. The van der Waals surface area contributed by atoms with Crippen molar-refractivity contribution >= 4 is 11.5 Å². The number of phenolic OH excluding ortho intramolecular Hbond substituents is 1. The van der Waals surface area contributed by atoms with Crippen LogP contribution in [0, 0.1) is 0 Å². The number of benzene rings is 2. The Morgan fingerprint density at radius 2 is 1.62 bits per heavy atom. The van der Waals surface area contributed by atoms with Crippen LogP contribution in [0.4, 0.5) is 0 Å². The number of carbonyl (C=O) groups is 1. The van der Waals surface area contributed by atoms with Crippen molar-refractivity contribution in [3.05, 3.63) is 71.7 Å². The minimum atomic E-state index is -0.429. The highest BCUT2D eigenvalue weighted by atomic mass is 16.5. The molecule has 0 spiro atoms. The fraction of sp³-hybridized carbons (Fsp3) is 0.167. The minimum absolute atomic E-state index is 0.0189. The summed E-state index contributed by atoms with van der Waals surface area (Å²) in [6, 6.07) is 11.7. The van der Waals surface area contributed by atoms with Crippen molar-refractivity contribution in [2.45, 2.75) is 12.8 Å². The van der Waals surface area contributed by atoms with Gasteiger partial charge in [0.15, 0.2) is 17.5 Å². The van der Waals surface area contributed by atoms with Gasteiger partial charge in [-0.2, -0.15) is 0 Å². The topological polar surface area (TPSA) is 120 Å². The molecule has 0 amide bonds. The summed E-state index contributed by atoms with van der Waals surface area (Å²) < 4.78 is 9.92. The van der Waals surface area contributed by atoms with Crippen LogP contribution in [-0.4, -0.2) is 40.2 Å². The molecule has 0 atom stereocenters. The number of ether oxygens (including phenoxy) is 2. The molecule has 4 rings (SSSR count). The summed E-state index contributed by atoms with van der Waals surface area (Å²) in [5.41, 5.74) is 9.04. The van der Waals surface area contributed by atoms with Crippen molar-refractivity contribution in [2.24, 2.45) is 5.73 Å². The van der Waals surface area contributed by atoms with E-state index >= 15 is 0 Å². The molecule has 8 nitrogen and oxygen atoms in total. The van der Waals surface area contributed by atoms with E-state index in [1.807, 2.05) is 12.2 Å². The van der Waals surface area contributed by atoms with Crippen LogP contribution in [0.3, 0.4) is 0 Å². The van der Waals surface area contributed by atoms with Crippen LogP contribution in [-0.2, 0) is 4.74 Å². The lowest BCUT2D eigenvalue weighted by atomic mass is 10.0. The third-order valence-corrected chi connectivity index (χ3v) is 5.08. The standard InChI is InChI=1S/C24H22N4O4/c1-31-16-11-12-18(20(29)13-16)23-27-21(14-7-9-15(10-8-14)24(30)32-2)26-22(28-23)17-5-3-4-6-19(17)25/h5-13,29H,3-4,25H2,1-2H3. The van der Waals surface area contributed by atoms with E-state index in [0.717, 1.165) is 18.4 Å². The highest BCUT2D eigenvalue weighted by Gasteiger charge is 2.18. The van der Waals surface area contributed by atoms with Crippen molar-refractivity contribution < 1.29 is 19.4 Å². The predicted octanol–water partition coefficient (Wildman–Crippen LogP) is 3.73. The Kier molecular flexibility index (Phi) is 5.85. The van der Waals surface area contributed by atoms with E-state index in [2.05, 4.69) is 15.0 Å². The average molecular weight is 430 g/mol. The maximum atomic E-state index is 11.8. The Morgan fingerprint density at radius 1 is 0.938 bits per heavy atom. The van der Waals surface area contributed by atoms with Crippen molar-refractivity contribution in [3.63, 3.8) is 0 Å². The summed E-state index contributed by atoms with van der Waals surface area (Å²) in [5.74, 6) is 1.15. The third-order valence-electron chi connectivity index (χ3n) is 5.08.